The summed E-state index contributed by atoms with van der Waals surface area (Å²) in [4.78, 5) is 29.8. The topological polar surface area (TPSA) is 100 Å². The molecule has 8 nitrogen and oxygen atoms in total. The Bertz CT molecular complexity index is 1310. The van der Waals surface area contributed by atoms with Crippen LogP contribution in [0, 0.1) is 0 Å². The minimum Gasteiger partial charge on any atom is -0.449 e. The first-order chi connectivity index (χ1) is 14.6. The van der Waals surface area contributed by atoms with E-state index in [0.29, 0.717) is 28.9 Å². The van der Waals surface area contributed by atoms with Gasteiger partial charge < -0.3 is 9.15 Å². The molecule has 8 heteroatoms. The van der Waals surface area contributed by atoms with E-state index >= 15 is 0 Å². The van der Waals surface area contributed by atoms with Crippen LogP contribution in [0.4, 0.5) is 0 Å². The Balaban J connectivity index is 1.37. The summed E-state index contributed by atoms with van der Waals surface area (Å²) in [5.74, 6) is 0.770. The van der Waals surface area contributed by atoms with Crippen molar-refractivity contribution in [2.75, 3.05) is 0 Å². The molecule has 1 aliphatic heterocycles. The van der Waals surface area contributed by atoms with E-state index in [0.717, 1.165) is 24.2 Å². The summed E-state index contributed by atoms with van der Waals surface area (Å²) in [7, 11) is 0. The van der Waals surface area contributed by atoms with Crippen molar-refractivity contribution in [3.05, 3.63) is 76.2 Å². The average molecular weight is 402 g/mol. The highest BCUT2D eigenvalue weighted by molar-refractivity contribution is 5.94. The van der Waals surface area contributed by atoms with Crippen LogP contribution < -0.4 is 5.56 Å². The third-order valence-electron chi connectivity index (χ3n) is 5.15. The molecule has 0 saturated heterocycles. The van der Waals surface area contributed by atoms with Gasteiger partial charge in [0.2, 0.25) is 5.89 Å². The van der Waals surface area contributed by atoms with E-state index in [1.807, 2.05) is 30.3 Å². The summed E-state index contributed by atoms with van der Waals surface area (Å²) in [5.41, 5.74) is 1.53. The predicted molar refractivity (Wildman–Crippen MR) is 108 cm³/mol. The number of benzene rings is 2. The van der Waals surface area contributed by atoms with Crippen molar-refractivity contribution in [3.8, 4) is 11.5 Å². The largest absolute Gasteiger partial charge is 0.449 e. The van der Waals surface area contributed by atoms with Gasteiger partial charge in [0.25, 0.3) is 11.4 Å². The Hall–Kier alpha value is -3.81. The van der Waals surface area contributed by atoms with Crippen LogP contribution in [0.1, 0.15) is 41.5 Å². The standard InChI is InChI=1S/C22H18N4O4/c1-13(19-24-25-20(30-19)14-6-3-2-4-7-14)29-22(28)15-9-10-16-17(12-15)23-18-8-5-11-26(18)21(16)27/h2-4,6-7,9-10,12-13H,5,8,11H2,1H3/t13-/m0/s1. The summed E-state index contributed by atoms with van der Waals surface area (Å²) < 4.78 is 12.8. The number of nitrogens with zero attached hydrogens (tertiary/aromatic N) is 4. The van der Waals surface area contributed by atoms with Gasteiger partial charge in [0, 0.05) is 18.5 Å². The normalized spacial score (nSPS) is 13.9. The van der Waals surface area contributed by atoms with Crippen LogP contribution in [0.3, 0.4) is 0 Å². The maximum absolute atomic E-state index is 12.6. The maximum Gasteiger partial charge on any atom is 0.338 e. The molecule has 0 radical (unpaired) electrons. The first-order valence-electron chi connectivity index (χ1n) is 9.73. The van der Waals surface area contributed by atoms with E-state index in [2.05, 4.69) is 15.2 Å². The average Bonchev–Trinajstić information content (AvgIpc) is 3.44. The van der Waals surface area contributed by atoms with Crippen molar-refractivity contribution >= 4 is 16.9 Å². The minimum absolute atomic E-state index is 0.0694. The van der Waals surface area contributed by atoms with Crippen LogP contribution >= 0.6 is 0 Å². The van der Waals surface area contributed by atoms with Gasteiger partial charge in [-0.1, -0.05) is 18.2 Å². The fraction of sp³-hybridized carbons (Fsp3) is 0.227. The second-order valence-corrected chi connectivity index (χ2v) is 7.18. The molecule has 0 fully saturated rings. The van der Waals surface area contributed by atoms with Crippen LogP contribution in [0.5, 0.6) is 0 Å². The molecule has 5 rings (SSSR count). The summed E-state index contributed by atoms with van der Waals surface area (Å²) in [6.45, 7) is 2.35. The number of hydrogen-bond donors (Lipinski definition) is 0. The summed E-state index contributed by atoms with van der Waals surface area (Å²) in [6.07, 6.45) is 0.939. The van der Waals surface area contributed by atoms with E-state index in [1.54, 1.807) is 29.7 Å². The van der Waals surface area contributed by atoms with Crippen molar-refractivity contribution in [1.82, 2.24) is 19.7 Å². The number of ether oxygens (including phenoxy) is 1. The van der Waals surface area contributed by atoms with Gasteiger partial charge in [-0.2, -0.15) is 0 Å². The molecule has 0 aliphatic carbocycles. The highest BCUT2D eigenvalue weighted by atomic mass is 16.6. The first-order valence-corrected chi connectivity index (χ1v) is 9.73. The van der Waals surface area contributed by atoms with Crippen molar-refractivity contribution in [2.24, 2.45) is 0 Å². The Morgan fingerprint density at radius 2 is 2.00 bits per heavy atom. The molecule has 0 amide bonds. The van der Waals surface area contributed by atoms with Gasteiger partial charge in [0.1, 0.15) is 5.82 Å². The SMILES string of the molecule is C[C@H](OC(=O)c1ccc2c(=O)n3c(nc2c1)CCC3)c1nnc(-c2ccccc2)o1. The van der Waals surface area contributed by atoms with Crippen LogP contribution in [0.25, 0.3) is 22.4 Å². The molecule has 0 spiro atoms. The van der Waals surface area contributed by atoms with Crippen LogP contribution in [0.2, 0.25) is 0 Å². The zero-order chi connectivity index (χ0) is 20.7. The Kier molecular flexibility index (Phi) is 4.39. The van der Waals surface area contributed by atoms with E-state index in [9.17, 15) is 9.59 Å². The van der Waals surface area contributed by atoms with Gasteiger partial charge in [-0.05, 0) is 43.7 Å². The summed E-state index contributed by atoms with van der Waals surface area (Å²) in [5, 5.41) is 8.50. The number of fused-ring (bicyclic) bond motifs is 2. The number of hydrogen-bond acceptors (Lipinski definition) is 7. The fourth-order valence-electron chi connectivity index (χ4n) is 3.59. The Labute approximate surface area is 171 Å². The molecule has 150 valence electrons. The van der Waals surface area contributed by atoms with Gasteiger partial charge in [0.15, 0.2) is 6.10 Å². The molecule has 2 aromatic carbocycles. The lowest BCUT2D eigenvalue weighted by Crippen LogP contribution is -2.21. The lowest BCUT2D eigenvalue weighted by Gasteiger charge is -2.10. The van der Waals surface area contributed by atoms with E-state index in [1.165, 1.54) is 0 Å². The Morgan fingerprint density at radius 3 is 2.83 bits per heavy atom. The van der Waals surface area contributed by atoms with Gasteiger partial charge >= 0.3 is 5.97 Å². The molecule has 1 aliphatic rings. The van der Waals surface area contributed by atoms with E-state index < -0.39 is 12.1 Å². The first kappa shape index (κ1) is 18.2. The molecule has 0 bridgehead atoms. The number of aryl methyl sites for hydroxylation is 1. The molecule has 0 unspecified atom stereocenters. The number of esters is 1. The highest BCUT2D eigenvalue weighted by Gasteiger charge is 2.21. The van der Waals surface area contributed by atoms with Gasteiger partial charge in [0.05, 0.1) is 16.5 Å². The second-order valence-electron chi connectivity index (χ2n) is 7.18. The zero-order valence-electron chi connectivity index (χ0n) is 16.2. The molecule has 30 heavy (non-hydrogen) atoms. The lowest BCUT2D eigenvalue weighted by atomic mass is 10.1. The number of aromatic nitrogens is 4. The maximum atomic E-state index is 12.6. The van der Waals surface area contributed by atoms with E-state index in [-0.39, 0.29) is 11.4 Å². The monoisotopic (exact) mass is 402 g/mol. The number of carbonyl (C=O) groups excluding carboxylic acids is 1. The third-order valence-corrected chi connectivity index (χ3v) is 5.15. The summed E-state index contributed by atoms with van der Waals surface area (Å²) in [6, 6.07) is 14.1. The number of carbonyl (C=O) groups is 1. The van der Waals surface area contributed by atoms with Crippen molar-refractivity contribution in [1.29, 1.82) is 0 Å². The highest BCUT2D eigenvalue weighted by Crippen LogP contribution is 2.23. The molecule has 2 aromatic heterocycles. The van der Waals surface area contributed by atoms with Gasteiger partial charge in [-0.3, -0.25) is 9.36 Å². The number of rotatable bonds is 4. The molecule has 4 aromatic rings. The zero-order valence-corrected chi connectivity index (χ0v) is 16.2. The lowest BCUT2D eigenvalue weighted by molar-refractivity contribution is 0.0280. The quantitative estimate of drug-likeness (QED) is 0.483. The minimum atomic E-state index is -0.725. The third kappa shape index (κ3) is 3.16. The smallest absolute Gasteiger partial charge is 0.338 e. The molecule has 0 saturated carbocycles. The molecule has 3 heterocycles. The predicted octanol–water partition coefficient (Wildman–Crippen LogP) is 3.31. The molecular weight excluding hydrogens is 384 g/mol. The van der Waals surface area contributed by atoms with Crippen molar-refractivity contribution in [3.63, 3.8) is 0 Å². The molecular formula is C22H18N4O4. The Morgan fingerprint density at radius 1 is 1.17 bits per heavy atom. The molecule has 0 N–H and O–H groups in total. The summed E-state index contributed by atoms with van der Waals surface area (Å²) >= 11 is 0. The van der Waals surface area contributed by atoms with Crippen LogP contribution in [0.15, 0.2) is 57.7 Å². The van der Waals surface area contributed by atoms with Crippen molar-refractivity contribution < 1.29 is 13.9 Å². The van der Waals surface area contributed by atoms with Crippen molar-refractivity contribution in [2.45, 2.75) is 32.4 Å². The van der Waals surface area contributed by atoms with Gasteiger partial charge in [-0.15, -0.1) is 10.2 Å². The fourth-order valence-corrected chi connectivity index (χ4v) is 3.59. The van der Waals surface area contributed by atoms with Crippen LogP contribution in [-0.2, 0) is 17.7 Å². The van der Waals surface area contributed by atoms with Gasteiger partial charge in [-0.25, -0.2) is 9.78 Å². The van der Waals surface area contributed by atoms with E-state index in [4.69, 9.17) is 9.15 Å². The second kappa shape index (κ2) is 7.22. The molecule has 1 atom stereocenters. The van der Waals surface area contributed by atoms with Crippen LogP contribution in [-0.4, -0.2) is 25.7 Å².